The summed E-state index contributed by atoms with van der Waals surface area (Å²) in [6, 6.07) is 75.2. The number of fused-ring (bicyclic) bond motifs is 10. The number of hydrogen-bond acceptors (Lipinski definition) is 2. The molecule has 0 bridgehead atoms. The molecule has 1 aliphatic heterocycles. The van der Waals surface area contributed by atoms with Crippen LogP contribution in [-0.4, -0.2) is 14.1 Å². The highest BCUT2D eigenvalue weighted by molar-refractivity contribution is 6.10. The van der Waals surface area contributed by atoms with Gasteiger partial charge < -0.3 is 4.74 Å². The normalized spacial score (nSPS) is 12.5. The molecule has 0 spiro atoms. The van der Waals surface area contributed by atoms with Gasteiger partial charge in [-0.05, 0) is 137 Å². The molecule has 0 amide bonds. The Labute approximate surface area is 452 Å². The zero-order valence-electron chi connectivity index (χ0n) is 45.4. The lowest BCUT2D eigenvalue weighted by atomic mass is 9.78. The van der Waals surface area contributed by atoms with Gasteiger partial charge >= 0.3 is 0 Å². The molecule has 4 heterocycles. The summed E-state index contributed by atoms with van der Waals surface area (Å²) in [4.78, 5) is 4.95. The van der Waals surface area contributed by atoms with Gasteiger partial charge in [0.25, 0.3) is 6.33 Å². The van der Waals surface area contributed by atoms with E-state index in [2.05, 4.69) is 289 Å². The number of imidazole rings is 1. The number of nitrogens with zero attached hydrogens (tertiary/aromatic N) is 4. The van der Waals surface area contributed by atoms with E-state index in [1.807, 2.05) is 6.20 Å². The van der Waals surface area contributed by atoms with Gasteiger partial charge in [0.1, 0.15) is 17.3 Å². The minimum Gasteiger partial charge on any atom is -0.458 e. The average molecular weight is 999 g/mol. The number of hydrogen-bond donors (Lipinski definition) is 0. The van der Waals surface area contributed by atoms with E-state index >= 15 is 0 Å². The van der Waals surface area contributed by atoms with Crippen molar-refractivity contribution in [3.63, 3.8) is 0 Å². The van der Waals surface area contributed by atoms with E-state index in [4.69, 9.17) is 9.72 Å². The summed E-state index contributed by atoms with van der Waals surface area (Å²) in [7, 11) is 0. The number of pyridine rings is 1. The molecule has 0 radical (unpaired) electrons. The lowest BCUT2D eigenvalue weighted by Gasteiger charge is -2.27. The Kier molecular flexibility index (Phi) is 11.1. The summed E-state index contributed by atoms with van der Waals surface area (Å²) in [5.74, 6) is 2.33. The third-order valence-corrected chi connectivity index (χ3v) is 15.6. The van der Waals surface area contributed by atoms with Gasteiger partial charge in [-0.15, -0.1) is 0 Å². The Hall–Kier alpha value is -8.80. The van der Waals surface area contributed by atoms with Crippen molar-refractivity contribution in [2.75, 3.05) is 0 Å². The molecule has 9 aromatic carbocycles. The molecule has 0 atom stereocenters. The van der Waals surface area contributed by atoms with Gasteiger partial charge in [-0.25, -0.2) is 4.98 Å². The number of ether oxygens (including phenoxy) is 1. The van der Waals surface area contributed by atoms with E-state index < -0.39 is 0 Å². The molecule has 376 valence electrons. The zero-order valence-corrected chi connectivity index (χ0v) is 45.4. The van der Waals surface area contributed by atoms with Crippen LogP contribution in [0.2, 0.25) is 0 Å². The van der Waals surface area contributed by atoms with Crippen molar-refractivity contribution in [3.8, 4) is 84.3 Å². The number of para-hydroxylation sites is 2. The Morgan fingerprint density at radius 3 is 1.69 bits per heavy atom. The predicted octanol–water partition coefficient (Wildman–Crippen LogP) is 18.5. The van der Waals surface area contributed by atoms with Gasteiger partial charge in [0, 0.05) is 23.0 Å². The van der Waals surface area contributed by atoms with Gasteiger partial charge in [0.15, 0.2) is 0 Å². The second-order valence-electron chi connectivity index (χ2n) is 23.9. The molecule has 5 nitrogen and oxygen atoms in total. The van der Waals surface area contributed by atoms with E-state index in [0.717, 1.165) is 83.8 Å². The smallest absolute Gasteiger partial charge is 0.269 e. The highest BCUT2D eigenvalue weighted by atomic mass is 16.5. The first-order valence-electron chi connectivity index (χ1n) is 26.9. The van der Waals surface area contributed by atoms with Gasteiger partial charge in [-0.1, -0.05) is 214 Å². The molecule has 0 saturated heterocycles. The average Bonchev–Trinajstić information content (AvgIpc) is 4.14. The third kappa shape index (κ3) is 8.24. The standard InChI is InChI=1S/C72H62N4O/c1-70(2,3)48-37-38-73-66(42-48)76-64-32-18-17-29-60(64)61-34-33-53(44-65(61)76)77-52-24-19-23-51(43-52)74-45-75-67-54(46-21-11-10-12-22-46)30-20-31-62(67)58-27-15-13-25-56(58)57-26-14-16-28-59(57)63-36-35-55(68(74)69(63)75)47-39-49(71(4,5)6)41-50(40-47)72(7,8)9/h10-44H,1-9H3. The van der Waals surface area contributed by atoms with Crippen molar-refractivity contribution < 1.29 is 9.30 Å². The van der Waals surface area contributed by atoms with E-state index in [1.165, 1.54) is 44.3 Å². The molecule has 0 aliphatic carbocycles. The Morgan fingerprint density at radius 1 is 0.416 bits per heavy atom. The molecule has 13 rings (SSSR count). The van der Waals surface area contributed by atoms with E-state index in [0.29, 0.717) is 5.75 Å². The maximum atomic E-state index is 7.02. The monoisotopic (exact) mass is 998 g/mol. The third-order valence-electron chi connectivity index (χ3n) is 15.6. The van der Waals surface area contributed by atoms with E-state index in [1.54, 1.807) is 0 Å². The van der Waals surface area contributed by atoms with Crippen molar-refractivity contribution in [2.45, 2.75) is 78.6 Å². The van der Waals surface area contributed by atoms with Crippen molar-refractivity contribution >= 4 is 32.8 Å². The Bertz CT molecular complexity index is 4270. The van der Waals surface area contributed by atoms with Crippen molar-refractivity contribution in [3.05, 3.63) is 235 Å². The van der Waals surface area contributed by atoms with Crippen LogP contribution in [-0.2, 0) is 16.2 Å². The minimum absolute atomic E-state index is 0.0371. The summed E-state index contributed by atoms with van der Waals surface area (Å²) >= 11 is 0. The number of aromatic nitrogens is 4. The maximum Gasteiger partial charge on any atom is 0.269 e. The highest BCUT2D eigenvalue weighted by Gasteiger charge is 2.30. The summed E-state index contributed by atoms with van der Waals surface area (Å²) in [6.45, 7) is 20.6. The summed E-state index contributed by atoms with van der Waals surface area (Å²) in [6.07, 6.45) is 6.04. The maximum absolute atomic E-state index is 7.02. The molecule has 0 fully saturated rings. The molecule has 12 aromatic rings. The second kappa shape index (κ2) is 17.9. The van der Waals surface area contributed by atoms with Gasteiger partial charge in [0.2, 0.25) is 0 Å². The van der Waals surface area contributed by atoms with Crippen molar-refractivity contribution in [1.29, 1.82) is 0 Å². The number of benzene rings is 9. The molecular weight excluding hydrogens is 937 g/mol. The molecular formula is C72H62N4O. The predicted molar refractivity (Wildman–Crippen MR) is 319 cm³/mol. The van der Waals surface area contributed by atoms with Crippen LogP contribution in [0.1, 0.15) is 79.0 Å². The second-order valence-corrected chi connectivity index (χ2v) is 23.9. The molecule has 0 N–H and O–H groups in total. The van der Waals surface area contributed by atoms with Gasteiger partial charge in [0.05, 0.1) is 33.4 Å². The first-order valence-corrected chi connectivity index (χ1v) is 26.9. The van der Waals surface area contributed by atoms with E-state index in [-0.39, 0.29) is 16.2 Å². The Morgan fingerprint density at radius 2 is 0.987 bits per heavy atom. The van der Waals surface area contributed by atoms with Crippen LogP contribution in [0.5, 0.6) is 11.5 Å². The SMILES string of the molecule is CC(C)(C)c1cc(-c2ccc3c4c2n(-c2cccc(Oc5ccc6c7ccccc7n(-c7cc(C(C)(C)C)ccn7)c6c5)c2)[c-][n+]4-c2c(-c4ccccc4)cccc2-c2ccccc2-c2ccccc2-3)cc(C(C)(C)C)c1. The Balaban J connectivity index is 1.08. The lowest BCUT2D eigenvalue weighted by Crippen LogP contribution is -2.32. The lowest BCUT2D eigenvalue weighted by molar-refractivity contribution is -0.570. The van der Waals surface area contributed by atoms with Crippen LogP contribution < -0.4 is 9.30 Å². The van der Waals surface area contributed by atoms with Crippen LogP contribution in [0, 0.1) is 6.33 Å². The molecule has 77 heavy (non-hydrogen) atoms. The fourth-order valence-corrected chi connectivity index (χ4v) is 11.5. The van der Waals surface area contributed by atoms with Gasteiger partial charge in [-0.2, -0.15) is 0 Å². The quantitative estimate of drug-likeness (QED) is 0.123. The number of rotatable bonds is 6. The summed E-state index contributed by atoms with van der Waals surface area (Å²) in [5, 5.41) is 2.31. The largest absolute Gasteiger partial charge is 0.458 e. The molecule has 5 heteroatoms. The highest BCUT2D eigenvalue weighted by Crippen LogP contribution is 2.47. The molecule has 0 unspecified atom stereocenters. The van der Waals surface area contributed by atoms with Crippen LogP contribution in [0.3, 0.4) is 0 Å². The molecule has 1 aliphatic rings. The summed E-state index contributed by atoms with van der Waals surface area (Å²) < 4.78 is 14.0. The molecule has 3 aromatic heterocycles. The van der Waals surface area contributed by atoms with E-state index in [9.17, 15) is 0 Å². The van der Waals surface area contributed by atoms with Crippen LogP contribution >= 0.6 is 0 Å². The van der Waals surface area contributed by atoms with Crippen LogP contribution in [0.25, 0.3) is 106 Å². The zero-order chi connectivity index (χ0) is 53.0. The topological polar surface area (TPSA) is 35.9 Å². The van der Waals surface area contributed by atoms with Crippen molar-refractivity contribution in [1.82, 2.24) is 14.1 Å². The minimum atomic E-state index is -0.0912. The van der Waals surface area contributed by atoms with Gasteiger partial charge in [-0.3, -0.25) is 13.7 Å². The van der Waals surface area contributed by atoms with Crippen LogP contribution in [0.4, 0.5) is 0 Å². The molecule has 0 saturated carbocycles. The van der Waals surface area contributed by atoms with Crippen LogP contribution in [0.15, 0.2) is 212 Å². The summed E-state index contributed by atoms with van der Waals surface area (Å²) in [5.41, 5.74) is 21.4. The van der Waals surface area contributed by atoms with Crippen molar-refractivity contribution in [2.24, 2.45) is 0 Å². The first-order chi connectivity index (χ1) is 37.1. The fraction of sp³-hybridized carbons (Fsp3) is 0.167. The fourth-order valence-electron chi connectivity index (χ4n) is 11.5. The first kappa shape index (κ1) is 47.9.